The van der Waals surface area contributed by atoms with Gasteiger partial charge in [-0.25, -0.2) is 12.6 Å². The average molecular weight is 894 g/mol. The lowest BCUT2D eigenvalue weighted by molar-refractivity contribution is 0.284. The molecule has 0 saturated carbocycles. The number of phenols is 1. The number of azo groups is 1. The molecule has 20 nitrogen and oxygen atoms in total. The zero-order chi connectivity index (χ0) is 42.4. The van der Waals surface area contributed by atoms with Crippen molar-refractivity contribution in [2.24, 2.45) is 10.2 Å². The summed E-state index contributed by atoms with van der Waals surface area (Å²) in [6, 6.07) is 16.3. The lowest BCUT2D eigenvalue weighted by atomic mass is 10.0. The first kappa shape index (κ1) is 42.2. The van der Waals surface area contributed by atoms with Crippen LogP contribution in [-0.4, -0.2) is 79.7 Å². The summed E-state index contributed by atoms with van der Waals surface area (Å²) in [6.07, 6.45) is 0. The molecule has 0 aliphatic heterocycles. The van der Waals surface area contributed by atoms with Gasteiger partial charge in [-0.15, -0.1) is 10.2 Å². The topological polar surface area (TPSA) is 314 Å². The summed E-state index contributed by atoms with van der Waals surface area (Å²) in [7, 11) is -18.7. The SMILES string of the molecule is Cc1cc2cc(S(=O)(=O)O)cc(Nc3nc(Cl)nc(Nc4cccc(S(=O)(=O)CCOS(=O)(=O)O)c4)n3)c2c(O)c1N=Nc1ccc2c(C)cccc2c1S(=O)(=O)O. The number of aromatic nitrogens is 3. The van der Waals surface area contributed by atoms with Gasteiger partial charge in [-0.05, 0) is 89.8 Å². The summed E-state index contributed by atoms with van der Waals surface area (Å²) >= 11 is 6.17. The van der Waals surface area contributed by atoms with E-state index in [-0.39, 0.29) is 61.3 Å². The average Bonchev–Trinajstić information content (AvgIpc) is 3.09. The molecule has 6 rings (SSSR count). The van der Waals surface area contributed by atoms with Crippen LogP contribution in [0.3, 0.4) is 0 Å². The van der Waals surface area contributed by atoms with Gasteiger partial charge in [0.2, 0.25) is 17.2 Å². The number of fused-ring (bicyclic) bond motifs is 2. The van der Waals surface area contributed by atoms with E-state index in [4.69, 9.17) is 16.2 Å². The predicted molar refractivity (Wildman–Crippen MR) is 210 cm³/mol. The Morgan fingerprint density at radius 1 is 0.724 bits per heavy atom. The minimum Gasteiger partial charge on any atom is -0.505 e. The number of sulfone groups is 1. The first-order chi connectivity index (χ1) is 27.0. The molecule has 25 heteroatoms. The first-order valence-corrected chi connectivity index (χ1v) is 22.4. The Morgan fingerprint density at radius 2 is 1.41 bits per heavy atom. The van der Waals surface area contributed by atoms with Crippen molar-refractivity contribution in [2.45, 2.75) is 28.5 Å². The third-order valence-corrected chi connectivity index (χ3v) is 12.3. The fourth-order valence-corrected chi connectivity index (χ4v) is 8.83. The van der Waals surface area contributed by atoms with Crippen molar-refractivity contribution in [3.05, 3.63) is 89.2 Å². The molecule has 6 aromatic rings. The molecule has 1 aromatic heterocycles. The maximum Gasteiger partial charge on any atom is 0.397 e. The maximum absolute atomic E-state index is 12.8. The first-order valence-electron chi connectivity index (χ1n) is 16.1. The third-order valence-electron chi connectivity index (χ3n) is 8.26. The zero-order valence-corrected chi connectivity index (χ0v) is 33.6. The number of aryl methyl sites for hydroxylation is 2. The summed E-state index contributed by atoms with van der Waals surface area (Å²) in [5.41, 5.74) is 0.384. The van der Waals surface area contributed by atoms with Crippen LogP contribution in [0.15, 0.2) is 97.7 Å². The third kappa shape index (κ3) is 9.46. The van der Waals surface area contributed by atoms with Crippen LogP contribution in [0.1, 0.15) is 11.1 Å². The Kier molecular flexibility index (Phi) is 11.4. The molecule has 304 valence electrons. The Hall–Kier alpha value is -5.44. The van der Waals surface area contributed by atoms with Crippen molar-refractivity contribution in [3.63, 3.8) is 0 Å². The van der Waals surface area contributed by atoms with Crippen LogP contribution >= 0.6 is 11.6 Å². The van der Waals surface area contributed by atoms with E-state index in [2.05, 4.69) is 40.0 Å². The Bertz CT molecular complexity index is 3150. The van der Waals surface area contributed by atoms with Crippen LogP contribution in [0, 0.1) is 13.8 Å². The number of aromatic hydroxyl groups is 1. The lowest BCUT2D eigenvalue weighted by Crippen LogP contribution is -2.15. The maximum atomic E-state index is 12.8. The van der Waals surface area contributed by atoms with Crippen LogP contribution in [0.2, 0.25) is 5.28 Å². The zero-order valence-electron chi connectivity index (χ0n) is 29.6. The summed E-state index contributed by atoms with van der Waals surface area (Å²) in [6.45, 7) is 2.39. The molecule has 58 heavy (non-hydrogen) atoms. The highest BCUT2D eigenvalue weighted by molar-refractivity contribution is 7.91. The largest absolute Gasteiger partial charge is 0.505 e. The van der Waals surface area contributed by atoms with Gasteiger partial charge in [0.15, 0.2) is 15.6 Å². The monoisotopic (exact) mass is 893 g/mol. The predicted octanol–water partition coefficient (Wildman–Crippen LogP) is 6.14. The number of hydrogen-bond acceptors (Lipinski definition) is 17. The molecule has 0 atom stereocenters. The normalized spacial score (nSPS) is 12.7. The smallest absolute Gasteiger partial charge is 0.397 e. The van der Waals surface area contributed by atoms with Gasteiger partial charge in [-0.3, -0.25) is 13.7 Å². The number of phenolic OH excluding ortho intramolecular Hbond substituents is 1. The van der Waals surface area contributed by atoms with Crippen LogP contribution in [-0.2, 0) is 44.7 Å². The molecule has 1 heterocycles. The van der Waals surface area contributed by atoms with Gasteiger partial charge in [0.05, 0.1) is 27.8 Å². The molecule has 0 unspecified atom stereocenters. The molecule has 0 saturated heterocycles. The van der Waals surface area contributed by atoms with Crippen LogP contribution in [0.25, 0.3) is 21.5 Å². The van der Waals surface area contributed by atoms with Gasteiger partial charge in [-0.2, -0.15) is 40.2 Å². The van der Waals surface area contributed by atoms with Crippen LogP contribution < -0.4 is 10.6 Å². The summed E-state index contributed by atoms with van der Waals surface area (Å²) in [5, 5.41) is 25.5. The second kappa shape index (κ2) is 15.7. The molecule has 0 fully saturated rings. The Labute approximate surface area is 335 Å². The molecule has 0 amide bonds. The summed E-state index contributed by atoms with van der Waals surface area (Å²) < 4.78 is 130. The Balaban J connectivity index is 1.40. The van der Waals surface area contributed by atoms with E-state index < -0.39 is 73.7 Å². The second-order valence-electron chi connectivity index (χ2n) is 12.3. The molecule has 0 bridgehead atoms. The number of hydrogen-bond donors (Lipinski definition) is 6. The van der Waals surface area contributed by atoms with Gasteiger partial charge in [0.1, 0.15) is 16.3 Å². The van der Waals surface area contributed by atoms with E-state index in [0.29, 0.717) is 5.39 Å². The van der Waals surface area contributed by atoms with Crippen LogP contribution in [0.4, 0.5) is 34.6 Å². The number of halogens is 1. The van der Waals surface area contributed by atoms with Gasteiger partial charge >= 0.3 is 10.4 Å². The molecule has 0 spiro atoms. The minimum absolute atomic E-state index is 0.0601. The van der Waals surface area contributed by atoms with Crippen molar-refractivity contribution < 1.29 is 56.6 Å². The van der Waals surface area contributed by atoms with Gasteiger partial charge in [-0.1, -0.05) is 30.3 Å². The van der Waals surface area contributed by atoms with E-state index in [1.54, 1.807) is 25.1 Å². The van der Waals surface area contributed by atoms with E-state index >= 15 is 0 Å². The number of nitrogens with one attached hydrogen (secondary N) is 2. The van der Waals surface area contributed by atoms with E-state index in [1.807, 2.05) is 0 Å². The molecular weight excluding hydrogens is 866 g/mol. The van der Waals surface area contributed by atoms with E-state index in [1.165, 1.54) is 43.3 Å². The van der Waals surface area contributed by atoms with Gasteiger partial charge in [0.25, 0.3) is 20.2 Å². The highest BCUT2D eigenvalue weighted by atomic mass is 35.5. The van der Waals surface area contributed by atoms with E-state index in [0.717, 1.165) is 23.8 Å². The number of nitrogens with zero attached hydrogens (tertiary/aromatic N) is 5. The highest BCUT2D eigenvalue weighted by Gasteiger charge is 2.23. The molecule has 0 radical (unpaired) electrons. The van der Waals surface area contributed by atoms with Gasteiger partial charge in [0, 0.05) is 16.5 Å². The molecule has 0 aliphatic carbocycles. The number of rotatable bonds is 13. The lowest BCUT2D eigenvalue weighted by Gasteiger charge is -2.15. The highest BCUT2D eigenvalue weighted by Crippen LogP contribution is 2.44. The van der Waals surface area contributed by atoms with Crippen molar-refractivity contribution in [2.75, 3.05) is 23.0 Å². The van der Waals surface area contributed by atoms with Crippen molar-refractivity contribution >= 4 is 108 Å². The summed E-state index contributed by atoms with van der Waals surface area (Å²) in [4.78, 5) is 10.7. The number of anilines is 4. The van der Waals surface area contributed by atoms with Crippen molar-refractivity contribution in [1.29, 1.82) is 0 Å². The molecule has 6 N–H and O–H groups in total. The fraction of sp³-hybridized carbons (Fsp3) is 0.121. The van der Waals surface area contributed by atoms with Crippen molar-refractivity contribution in [3.8, 4) is 5.75 Å². The van der Waals surface area contributed by atoms with Gasteiger partial charge < -0.3 is 15.7 Å². The number of benzene rings is 5. The fourth-order valence-electron chi connectivity index (χ4n) is 5.77. The van der Waals surface area contributed by atoms with Crippen LogP contribution in [0.5, 0.6) is 5.75 Å². The van der Waals surface area contributed by atoms with Crippen molar-refractivity contribution in [1.82, 2.24) is 15.0 Å². The molecule has 0 aliphatic rings. The minimum atomic E-state index is -4.87. The quantitative estimate of drug-likeness (QED) is 0.0560. The van der Waals surface area contributed by atoms with E-state index in [9.17, 15) is 47.9 Å². The summed E-state index contributed by atoms with van der Waals surface area (Å²) in [5.74, 6) is -2.01. The standard InChI is InChI=1S/C33H28ClN7O13S4/c1-17-5-3-8-24-23(17)9-10-25(30(24)57(48,49)50)40-41-28-18(2)13-19-14-22(56(45,46)47)16-26(27(19)29(28)42)36-33-38-31(34)37-32(39-33)35-20-6-4-7-21(15-20)55(43,44)12-11-54-58(51,52)53/h3-10,13-16,42H,11-12H2,1-2H3,(H,45,46,47)(H,48,49,50)(H,51,52,53)(H2,35,36,37,38,39). The Morgan fingerprint density at radius 3 is 2.09 bits per heavy atom. The molecule has 5 aromatic carbocycles. The second-order valence-corrected chi connectivity index (χ2v) is 18.6. The molecular formula is C33H28ClN7O13S4.